The van der Waals surface area contributed by atoms with Crippen LogP contribution < -0.4 is 5.56 Å². The lowest BCUT2D eigenvalue weighted by molar-refractivity contribution is 0.578. The molecule has 0 atom stereocenters. The van der Waals surface area contributed by atoms with Crippen molar-refractivity contribution >= 4 is 15.9 Å². The van der Waals surface area contributed by atoms with Crippen molar-refractivity contribution in [3.05, 3.63) is 26.3 Å². The highest BCUT2D eigenvalue weighted by molar-refractivity contribution is 9.10. The Morgan fingerprint density at radius 1 is 1.29 bits per heavy atom. The van der Waals surface area contributed by atoms with Gasteiger partial charge in [-0.15, -0.1) is 0 Å². The third-order valence-corrected chi connectivity index (χ3v) is 3.74. The molecule has 17 heavy (non-hydrogen) atoms. The number of nitrogens with zero attached hydrogens (tertiary/aromatic N) is 1. The highest BCUT2D eigenvalue weighted by Crippen LogP contribution is 2.21. The zero-order valence-electron chi connectivity index (χ0n) is 11.0. The van der Waals surface area contributed by atoms with Crippen LogP contribution in [0.1, 0.15) is 58.0 Å². The van der Waals surface area contributed by atoms with Crippen molar-refractivity contribution in [2.45, 2.75) is 52.9 Å². The van der Waals surface area contributed by atoms with Crippen molar-refractivity contribution in [3.63, 3.8) is 0 Å². The minimum atomic E-state index is -0.0578. The quantitative estimate of drug-likeness (QED) is 0.902. The lowest BCUT2D eigenvalue weighted by Gasteiger charge is -2.14. The predicted molar refractivity (Wildman–Crippen MR) is 74.4 cm³/mol. The van der Waals surface area contributed by atoms with E-state index in [2.05, 4.69) is 53.6 Å². The standard InChI is InChI=1S/C13H21BrN2O/c1-5-9(6-2)12-15-10(7-8(3)4)11(14)13(17)16-12/h8-9H,5-7H2,1-4H3,(H,15,16,17). The second kappa shape index (κ2) is 6.34. The fourth-order valence-electron chi connectivity index (χ4n) is 1.92. The molecule has 0 amide bonds. The molecule has 0 saturated heterocycles. The van der Waals surface area contributed by atoms with Crippen LogP contribution in [-0.4, -0.2) is 9.97 Å². The molecule has 4 heteroatoms. The van der Waals surface area contributed by atoms with E-state index in [1.165, 1.54) is 0 Å². The molecule has 1 aromatic heterocycles. The Labute approximate surface area is 111 Å². The van der Waals surface area contributed by atoms with Gasteiger partial charge in [0, 0.05) is 5.92 Å². The molecule has 0 unspecified atom stereocenters. The molecule has 1 rings (SSSR count). The van der Waals surface area contributed by atoms with Crippen LogP contribution >= 0.6 is 15.9 Å². The maximum absolute atomic E-state index is 11.8. The molecule has 1 N–H and O–H groups in total. The molecule has 0 bridgehead atoms. The zero-order chi connectivity index (χ0) is 13.0. The summed E-state index contributed by atoms with van der Waals surface area (Å²) in [6.07, 6.45) is 2.84. The average molecular weight is 301 g/mol. The van der Waals surface area contributed by atoms with Gasteiger partial charge in [0.05, 0.1) is 5.69 Å². The molecule has 0 aliphatic rings. The largest absolute Gasteiger partial charge is 0.309 e. The zero-order valence-corrected chi connectivity index (χ0v) is 12.6. The molecule has 0 saturated carbocycles. The van der Waals surface area contributed by atoms with E-state index >= 15 is 0 Å². The van der Waals surface area contributed by atoms with E-state index in [1.807, 2.05) is 0 Å². The van der Waals surface area contributed by atoms with Crippen molar-refractivity contribution in [2.75, 3.05) is 0 Å². The number of nitrogens with one attached hydrogen (secondary N) is 1. The van der Waals surface area contributed by atoms with Crippen molar-refractivity contribution < 1.29 is 0 Å². The molecule has 0 spiro atoms. The number of aromatic nitrogens is 2. The van der Waals surface area contributed by atoms with Crippen molar-refractivity contribution in [3.8, 4) is 0 Å². The molecule has 0 fully saturated rings. The molecular formula is C13H21BrN2O. The van der Waals surface area contributed by atoms with E-state index < -0.39 is 0 Å². The first kappa shape index (κ1) is 14.4. The van der Waals surface area contributed by atoms with Gasteiger partial charge in [-0.25, -0.2) is 4.98 Å². The van der Waals surface area contributed by atoms with E-state index in [0.29, 0.717) is 16.3 Å². The Morgan fingerprint density at radius 3 is 2.35 bits per heavy atom. The van der Waals surface area contributed by atoms with Crippen molar-refractivity contribution in [2.24, 2.45) is 5.92 Å². The molecule has 1 heterocycles. The van der Waals surface area contributed by atoms with Gasteiger partial charge in [-0.2, -0.15) is 0 Å². The first-order valence-corrected chi connectivity index (χ1v) is 7.07. The van der Waals surface area contributed by atoms with Gasteiger partial charge in [0.1, 0.15) is 10.3 Å². The van der Waals surface area contributed by atoms with Crippen LogP contribution in [0, 0.1) is 5.92 Å². The highest BCUT2D eigenvalue weighted by Gasteiger charge is 2.15. The predicted octanol–water partition coefficient (Wildman–Crippen LogP) is 3.63. The summed E-state index contributed by atoms with van der Waals surface area (Å²) >= 11 is 3.33. The summed E-state index contributed by atoms with van der Waals surface area (Å²) in [5.41, 5.74) is 0.822. The molecule has 1 aromatic rings. The van der Waals surface area contributed by atoms with E-state index in [9.17, 15) is 4.79 Å². The van der Waals surface area contributed by atoms with Crippen LogP contribution in [0.25, 0.3) is 0 Å². The van der Waals surface area contributed by atoms with Crippen LogP contribution in [-0.2, 0) is 6.42 Å². The monoisotopic (exact) mass is 300 g/mol. The first-order chi connectivity index (χ1) is 7.99. The van der Waals surface area contributed by atoms with Gasteiger partial charge in [-0.3, -0.25) is 4.79 Å². The Morgan fingerprint density at radius 2 is 1.88 bits per heavy atom. The van der Waals surface area contributed by atoms with E-state index in [-0.39, 0.29) is 5.56 Å². The molecule has 96 valence electrons. The Hall–Kier alpha value is -0.640. The summed E-state index contributed by atoms with van der Waals surface area (Å²) in [5, 5.41) is 0. The molecule has 0 aromatic carbocycles. The second-order valence-corrected chi connectivity index (χ2v) is 5.62. The van der Waals surface area contributed by atoms with Gasteiger partial charge in [-0.1, -0.05) is 27.7 Å². The summed E-state index contributed by atoms with van der Waals surface area (Å²) < 4.78 is 0.584. The van der Waals surface area contributed by atoms with Crippen LogP contribution in [0.4, 0.5) is 0 Å². The van der Waals surface area contributed by atoms with E-state index in [1.54, 1.807) is 0 Å². The van der Waals surface area contributed by atoms with Gasteiger partial charge in [0.15, 0.2) is 0 Å². The smallest absolute Gasteiger partial charge is 0.265 e. The number of H-pyrrole nitrogens is 1. The van der Waals surface area contributed by atoms with Gasteiger partial charge in [-0.05, 0) is 41.1 Å². The minimum Gasteiger partial charge on any atom is -0.309 e. The van der Waals surface area contributed by atoms with Gasteiger partial charge < -0.3 is 4.98 Å². The van der Waals surface area contributed by atoms with Gasteiger partial charge >= 0.3 is 0 Å². The fraction of sp³-hybridized carbons (Fsp3) is 0.692. The van der Waals surface area contributed by atoms with E-state index in [4.69, 9.17) is 0 Å². The number of hydrogen-bond donors (Lipinski definition) is 1. The fourth-order valence-corrected chi connectivity index (χ4v) is 2.26. The lowest BCUT2D eigenvalue weighted by atomic mass is 10.0. The number of halogens is 1. The summed E-state index contributed by atoms with van der Waals surface area (Å²) in [6.45, 7) is 8.51. The molecular weight excluding hydrogens is 280 g/mol. The number of rotatable bonds is 5. The van der Waals surface area contributed by atoms with E-state index in [0.717, 1.165) is 30.8 Å². The Balaban J connectivity index is 3.18. The maximum Gasteiger partial charge on any atom is 0.265 e. The number of hydrogen-bond acceptors (Lipinski definition) is 2. The van der Waals surface area contributed by atoms with Gasteiger partial charge in [0.25, 0.3) is 5.56 Å². The lowest BCUT2D eigenvalue weighted by Crippen LogP contribution is -2.18. The van der Waals surface area contributed by atoms with Crippen LogP contribution in [0.3, 0.4) is 0 Å². The normalized spacial score (nSPS) is 11.5. The number of aromatic amines is 1. The second-order valence-electron chi connectivity index (χ2n) is 4.82. The molecule has 0 radical (unpaired) electrons. The van der Waals surface area contributed by atoms with Gasteiger partial charge in [0.2, 0.25) is 0 Å². The first-order valence-electron chi connectivity index (χ1n) is 6.28. The maximum atomic E-state index is 11.8. The SMILES string of the molecule is CCC(CC)c1nc(CC(C)C)c(Br)c(=O)[nH]1. The van der Waals surface area contributed by atoms with Crippen molar-refractivity contribution in [1.29, 1.82) is 0 Å². The molecule has 0 aliphatic heterocycles. The summed E-state index contributed by atoms with van der Waals surface area (Å²) in [6, 6.07) is 0. The summed E-state index contributed by atoms with van der Waals surface area (Å²) in [4.78, 5) is 19.3. The van der Waals surface area contributed by atoms with Crippen molar-refractivity contribution in [1.82, 2.24) is 9.97 Å². The Kier molecular flexibility index (Phi) is 5.37. The van der Waals surface area contributed by atoms with Crippen LogP contribution in [0.2, 0.25) is 0 Å². The van der Waals surface area contributed by atoms with Crippen LogP contribution in [0.15, 0.2) is 9.27 Å². The highest BCUT2D eigenvalue weighted by atomic mass is 79.9. The summed E-state index contributed by atoms with van der Waals surface area (Å²) in [5.74, 6) is 1.68. The minimum absolute atomic E-state index is 0.0578. The Bertz CT molecular complexity index is 422. The molecule has 0 aliphatic carbocycles. The molecule has 3 nitrogen and oxygen atoms in total. The average Bonchev–Trinajstić information content (AvgIpc) is 2.26. The summed E-state index contributed by atoms with van der Waals surface area (Å²) in [7, 11) is 0. The third kappa shape index (κ3) is 3.66. The topological polar surface area (TPSA) is 45.8 Å². The van der Waals surface area contributed by atoms with Crippen LogP contribution in [0.5, 0.6) is 0 Å². The third-order valence-electron chi connectivity index (χ3n) is 2.92.